The van der Waals surface area contributed by atoms with E-state index in [0.29, 0.717) is 34.9 Å². The maximum atomic E-state index is 11.7. The van der Waals surface area contributed by atoms with Gasteiger partial charge in [-0.2, -0.15) is 8.88 Å². The van der Waals surface area contributed by atoms with Crippen LogP contribution in [0.3, 0.4) is 0 Å². The molecule has 270 valence electrons. The number of hydrogen-bond acceptors (Lipinski definition) is 19. The minimum atomic E-state index is -5.68. The van der Waals surface area contributed by atoms with Crippen LogP contribution in [-0.4, -0.2) is 91.0 Å². The number of anilines is 2. The van der Waals surface area contributed by atoms with Crippen molar-refractivity contribution < 1.29 is 71.0 Å². The number of aliphatic hydroxyl groups excluding tert-OH is 3. The fourth-order valence-electron chi connectivity index (χ4n) is 4.38. The topological polar surface area (TPSA) is 358 Å². The SMILES string of the molecule is Cc1ncc(C[n+]2csc(CCOP(=O)(O)OP(=O)(O)OP(=O)([O-])O)c2C)c(N)n1.Nc1ncnc2c1ncn2[C@@H]1O[C@H](CO)[C@@H](O)[C@H]1O. The average Bonchev–Trinajstić information content (AvgIpc) is 3.65. The lowest BCUT2D eigenvalue weighted by Crippen LogP contribution is -2.35. The summed E-state index contributed by atoms with van der Waals surface area (Å²) in [6, 6.07) is 0. The number of nitrogens with zero attached hydrogens (tertiary/aromatic N) is 7. The number of rotatable bonds is 12. The van der Waals surface area contributed by atoms with Crippen molar-refractivity contribution in [3.05, 3.63) is 46.3 Å². The van der Waals surface area contributed by atoms with Crippen molar-refractivity contribution in [3.63, 3.8) is 0 Å². The number of aliphatic hydroxyl groups is 3. The maximum Gasteiger partial charge on any atom is 0.487 e. The molecule has 1 saturated heterocycles. The number of hydrogen-bond donors (Lipinski definition) is 8. The van der Waals surface area contributed by atoms with E-state index in [-0.39, 0.29) is 12.2 Å². The molecule has 1 aliphatic heterocycles. The van der Waals surface area contributed by atoms with E-state index in [9.17, 15) is 33.7 Å². The van der Waals surface area contributed by atoms with Gasteiger partial charge in [0.05, 0.1) is 30.0 Å². The lowest BCUT2D eigenvalue weighted by molar-refractivity contribution is -0.689. The average molecular weight is 772 g/mol. The number of ether oxygens (including phenoxy) is 1. The Morgan fingerprint density at radius 2 is 1.76 bits per heavy atom. The van der Waals surface area contributed by atoms with Crippen molar-refractivity contribution in [1.29, 1.82) is 0 Å². The summed E-state index contributed by atoms with van der Waals surface area (Å²) in [5.74, 6) is 1.12. The van der Waals surface area contributed by atoms with Gasteiger partial charge in [-0.1, -0.05) is 11.3 Å². The van der Waals surface area contributed by atoms with Crippen LogP contribution in [0, 0.1) is 13.8 Å². The molecular formula is C22H32N9O14P3S. The molecule has 0 saturated carbocycles. The Labute approximate surface area is 280 Å². The van der Waals surface area contributed by atoms with Crippen LogP contribution < -0.4 is 20.9 Å². The quantitative estimate of drug-likeness (QED) is 0.0590. The van der Waals surface area contributed by atoms with E-state index in [0.717, 1.165) is 10.6 Å². The molecule has 10 N–H and O–H groups in total. The van der Waals surface area contributed by atoms with Crippen LogP contribution >= 0.6 is 34.8 Å². The van der Waals surface area contributed by atoms with Crippen LogP contribution in [0.2, 0.25) is 0 Å². The smallest absolute Gasteiger partial charge is 0.487 e. The number of imidazole rings is 1. The summed E-state index contributed by atoms with van der Waals surface area (Å²) in [5.41, 5.74) is 15.6. The molecule has 4 aromatic rings. The molecule has 7 atom stereocenters. The van der Waals surface area contributed by atoms with Crippen molar-refractivity contribution in [2.45, 2.75) is 51.4 Å². The zero-order valence-corrected chi connectivity index (χ0v) is 28.9. The highest BCUT2D eigenvalue weighted by molar-refractivity contribution is 7.66. The molecule has 0 amide bonds. The maximum absolute atomic E-state index is 11.7. The Morgan fingerprint density at radius 3 is 2.39 bits per heavy atom. The van der Waals surface area contributed by atoms with Crippen LogP contribution in [0.25, 0.3) is 11.2 Å². The first-order valence-electron chi connectivity index (χ1n) is 13.7. The van der Waals surface area contributed by atoms with E-state index >= 15 is 0 Å². The number of thiazole rings is 1. The molecule has 3 unspecified atom stereocenters. The number of phosphoric ester groups is 1. The van der Waals surface area contributed by atoms with Gasteiger partial charge in [-0.05, 0) is 6.92 Å². The fraction of sp³-hybridized carbons (Fsp3) is 0.455. The second-order valence-corrected chi connectivity index (χ2v) is 15.5. The van der Waals surface area contributed by atoms with Gasteiger partial charge >= 0.3 is 15.6 Å². The van der Waals surface area contributed by atoms with Crippen LogP contribution in [0.4, 0.5) is 11.6 Å². The number of nitrogen functional groups attached to an aromatic ring is 2. The van der Waals surface area contributed by atoms with Gasteiger partial charge in [-0.15, -0.1) is 0 Å². The molecule has 0 radical (unpaired) electrons. The molecule has 1 aliphatic rings. The van der Waals surface area contributed by atoms with E-state index in [1.807, 2.05) is 4.57 Å². The lowest BCUT2D eigenvalue weighted by atomic mass is 10.1. The molecule has 5 heterocycles. The van der Waals surface area contributed by atoms with E-state index in [1.165, 1.54) is 28.6 Å². The van der Waals surface area contributed by atoms with Crippen LogP contribution in [-0.2, 0) is 44.5 Å². The third-order valence-corrected chi connectivity index (χ3v) is 11.6. The van der Waals surface area contributed by atoms with Crippen molar-refractivity contribution in [1.82, 2.24) is 29.5 Å². The molecule has 5 rings (SSSR count). The molecule has 0 aliphatic carbocycles. The first kappa shape index (κ1) is 38.9. The highest BCUT2D eigenvalue weighted by Crippen LogP contribution is 2.65. The van der Waals surface area contributed by atoms with E-state index in [4.69, 9.17) is 31.1 Å². The lowest BCUT2D eigenvalue weighted by Gasteiger charge is -2.20. The molecule has 0 bridgehead atoms. The zero-order valence-electron chi connectivity index (χ0n) is 25.4. The molecular weight excluding hydrogens is 739 g/mol. The summed E-state index contributed by atoms with van der Waals surface area (Å²) in [6.45, 7) is 3.13. The molecule has 27 heteroatoms. The number of aryl methyl sites for hydroxylation is 1. The van der Waals surface area contributed by atoms with Gasteiger partial charge in [0, 0.05) is 19.5 Å². The van der Waals surface area contributed by atoms with Crippen molar-refractivity contribution in [3.8, 4) is 0 Å². The Hall–Kier alpha value is -2.89. The normalized spacial score (nSPS) is 23.0. The largest absolute Gasteiger partial charge is 0.756 e. The summed E-state index contributed by atoms with van der Waals surface area (Å²) >= 11 is 1.33. The summed E-state index contributed by atoms with van der Waals surface area (Å²) in [4.78, 5) is 58.2. The Morgan fingerprint density at radius 1 is 1.04 bits per heavy atom. The van der Waals surface area contributed by atoms with Crippen molar-refractivity contribution in [2.75, 3.05) is 24.7 Å². The van der Waals surface area contributed by atoms with E-state index in [1.54, 1.807) is 25.6 Å². The van der Waals surface area contributed by atoms with Gasteiger partial charge in [-0.25, -0.2) is 38.4 Å². The summed E-state index contributed by atoms with van der Waals surface area (Å²) < 4.78 is 53.9. The summed E-state index contributed by atoms with van der Waals surface area (Å²) in [6.07, 6.45) is 0.327. The Balaban J connectivity index is 0.000000242. The molecule has 23 nitrogen and oxygen atoms in total. The molecule has 49 heavy (non-hydrogen) atoms. The van der Waals surface area contributed by atoms with Crippen molar-refractivity contribution in [2.24, 2.45) is 0 Å². The minimum Gasteiger partial charge on any atom is -0.756 e. The van der Waals surface area contributed by atoms with Gasteiger partial charge in [0.25, 0.3) is 7.82 Å². The predicted octanol–water partition coefficient (Wildman–Crippen LogP) is -1.65. The van der Waals surface area contributed by atoms with Gasteiger partial charge in [0.1, 0.15) is 41.8 Å². The monoisotopic (exact) mass is 771 g/mol. The second-order valence-electron chi connectivity index (χ2n) is 10.2. The summed E-state index contributed by atoms with van der Waals surface area (Å²) in [7, 11) is -16.4. The van der Waals surface area contributed by atoms with Crippen molar-refractivity contribution >= 4 is 57.6 Å². The first-order valence-corrected chi connectivity index (χ1v) is 19.0. The minimum absolute atomic E-state index is 0.133. The van der Waals surface area contributed by atoms with Gasteiger partial charge < -0.3 is 51.1 Å². The Bertz CT molecular complexity index is 1930. The first-order chi connectivity index (χ1) is 22.8. The van der Waals surface area contributed by atoms with E-state index < -0.39 is 61.2 Å². The van der Waals surface area contributed by atoms with Crippen LogP contribution in [0.15, 0.2) is 24.4 Å². The highest BCUT2D eigenvalue weighted by Gasteiger charge is 2.44. The van der Waals surface area contributed by atoms with Gasteiger partial charge in [-0.3, -0.25) is 13.7 Å². The van der Waals surface area contributed by atoms with Crippen LogP contribution in [0.5, 0.6) is 0 Å². The molecule has 0 spiro atoms. The Kier molecular flexibility index (Phi) is 12.4. The molecule has 1 fully saturated rings. The van der Waals surface area contributed by atoms with Crippen LogP contribution in [0.1, 0.15) is 28.2 Å². The third-order valence-electron chi connectivity index (χ3n) is 6.69. The zero-order chi connectivity index (χ0) is 36.3. The standard InChI is InChI=1S/C12H19N4O10P3S.C10H13N5O4/c1-8-11(30-7-16(8)6-10-5-14-9(2)15-12(10)13)3-4-24-28(20,21)26-29(22,23)25-27(17,18)19;11-8-5-9(13-2-12-8)15(3-14-5)10-7(18)6(17)4(1-16)19-10/h5,7H,3-4,6H2,1-2H3,(H5-,13,14,15,17,18,19,20,21,22,23);2-4,6-7,10,16-18H,1H2,(H2,11,12,13)/t;4-,6-,7-,10-/m.1/s1. The number of phosphoric acid groups is 3. The number of nitrogens with two attached hydrogens (primary N) is 2. The van der Waals surface area contributed by atoms with E-state index in [2.05, 4.69) is 38.1 Å². The molecule has 4 aromatic heterocycles. The van der Waals surface area contributed by atoms with Gasteiger partial charge in [0.2, 0.25) is 5.51 Å². The number of fused-ring (bicyclic) bond motifs is 1. The third kappa shape index (κ3) is 10.1. The molecule has 0 aromatic carbocycles. The summed E-state index contributed by atoms with van der Waals surface area (Å²) in [5, 5.41) is 28.7. The van der Waals surface area contributed by atoms with Gasteiger partial charge in [0.15, 0.2) is 29.9 Å². The predicted molar refractivity (Wildman–Crippen MR) is 164 cm³/mol. The number of aromatic nitrogens is 7. The highest BCUT2D eigenvalue weighted by atomic mass is 32.1. The fourth-order valence-corrected chi connectivity index (χ4v) is 8.34. The second kappa shape index (κ2) is 15.6.